The second-order valence-electron chi connectivity index (χ2n) is 6.35. The van der Waals surface area contributed by atoms with E-state index in [1.165, 1.54) is 18.2 Å². The van der Waals surface area contributed by atoms with Crippen molar-refractivity contribution in [2.75, 3.05) is 0 Å². The Bertz CT molecular complexity index is 572. The number of carbonyl (C=O) groups is 1. The van der Waals surface area contributed by atoms with Crippen molar-refractivity contribution in [1.29, 1.82) is 0 Å². The summed E-state index contributed by atoms with van der Waals surface area (Å²) in [6.45, 7) is 4.39. The first-order valence-corrected chi connectivity index (χ1v) is 7.41. The van der Waals surface area contributed by atoms with Crippen molar-refractivity contribution >= 4 is 23.2 Å². The number of benzene rings is 1. The molecule has 0 aromatic heterocycles. The Morgan fingerprint density at radius 2 is 2.19 bits per heavy atom. The van der Waals surface area contributed by atoms with E-state index in [2.05, 4.69) is 19.2 Å². The molecule has 21 heavy (non-hydrogen) atoms. The maximum absolute atomic E-state index is 12.2. The minimum Gasteiger partial charge on any atom is -0.349 e. The van der Waals surface area contributed by atoms with Crippen molar-refractivity contribution < 1.29 is 9.72 Å². The normalized spacial score (nSPS) is 20.8. The second kappa shape index (κ2) is 6.02. The van der Waals surface area contributed by atoms with Gasteiger partial charge in [0, 0.05) is 17.7 Å². The van der Waals surface area contributed by atoms with Crippen LogP contribution in [0.4, 0.5) is 5.69 Å². The average molecular weight is 311 g/mol. The molecule has 6 heteroatoms. The zero-order valence-electron chi connectivity index (χ0n) is 12.2. The molecule has 1 N–H and O–H groups in total. The first-order chi connectivity index (χ1) is 9.78. The van der Waals surface area contributed by atoms with Gasteiger partial charge in [-0.05, 0) is 36.8 Å². The zero-order chi connectivity index (χ0) is 15.6. The lowest BCUT2D eigenvalue weighted by molar-refractivity contribution is -0.384. The molecule has 1 aromatic carbocycles. The molecular formula is C15H19ClN2O3. The smallest absolute Gasteiger partial charge is 0.288 e. The van der Waals surface area contributed by atoms with E-state index >= 15 is 0 Å². The lowest BCUT2D eigenvalue weighted by atomic mass is 9.75. The van der Waals surface area contributed by atoms with Gasteiger partial charge in [-0.1, -0.05) is 31.9 Å². The number of amides is 1. The Labute approximate surface area is 128 Å². The topological polar surface area (TPSA) is 72.2 Å². The van der Waals surface area contributed by atoms with Gasteiger partial charge in [-0.2, -0.15) is 0 Å². The average Bonchev–Trinajstić information content (AvgIpc) is 2.37. The summed E-state index contributed by atoms with van der Waals surface area (Å²) in [5, 5.41) is 13.9. The minimum absolute atomic E-state index is 0.0374. The minimum atomic E-state index is -0.581. The second-order valence-corrected chi connectivity index (χ2v) is 6.76. The van der Waals surface area contributed by atoms with Crippen LogP contribution in [0.2, 0.25) is 5.02 Å². The van der Waals surface area contributed by atoms with Gasteiger partial charge in [-0.15, -0.1) is 0 Å². The molecule has 0 spiro atoms. The lowest BCUT2D eigenvalue weighted by Gasteiger charge is -2.35. The number of hydrogen-bond acceptors (Lipinski definition) is 3. The Morgan fingerprint density at radius 3 is 2.81 bits per heavy atom. The molecule has 1 saturated carbocycles. The van der Waals surface area contributed by atoms with Crippen LogP contribution in [0.15, 0.2) is 18.2 Å². The molecule has 0 bridgehead atoms. The van der Waals surface area contributed by atoms with E-state index in [1.54, 1.807) is 0 Å². The molecule has 0 aliphatic heterocycles. The van der Waals surface area contributed by atoms with Crippen molar-refractivity contribution in [3.63, 3.8) is 0 Å². The monoisotopic (exact) mass is 310 g/mol. The largest absolute Gasteiger partial charge is 0.349 e. The van der Waals surface area contributed by atoms with E-state index in [1.807, 2.05) is 0 Å². The zero-order valence-corrected chi connectivity index (χ0v) is 12.9. The number of carbonyl (C=O) groups excluding carboxylic acids is 1. The van der Waals surface area contributed by atoms with Gasteiger partial charge in [0.25, 0.3) is 11.6 Å². The third-order valence-electron chi connectivity index (χ3n) is 3.95. The summed E-state index contributed by atoms with van der Waals surface area (Å²) in [6, 6.07) is 4.25. The van der Waals surface area contributed by atoms with Crippen LogP contribution in [-0.4, -0.2) is 16.9 Å². The van der Waals surface area contributed by atoms with Gasteiger partial charge in [0.15, 0.2) is 0 Å². The Balaban J connectivity index is 2.10. The van der Waals surface area contributed by atoms with Crippen molar-refractivity contribution in [3.05, 3.63) is 38.9 Å². The molecule has 1 aliphatic carbocycles. The lowest BCUT2D eigenvalue weighted by Crippen LogP contribution is -2.40. The summed E-state index contributed by atoms with van der Waals surface area (Å²) in [6.07, 6.45) is 4.11. The molecule has 1 amide bonds. The van der Waals surface area contributed by atoms with E-state index in [4.69, 9.17) is 11.6 Å². The standard InChI is InChI=1S/C15H19ClN2O3/c1-15(2)7-3-4-11(9-15)17-14(19)10-5-6-12(16)13(8-10)18(20)21/h5-6,8,11H,3-4,7,9H2,1-2H3,(H,17,19). The molecule has 1 unspecified atom stereocenters. The number of nitro groups is 1. The fraction of sp³-hybridized carbons (Fsp3) is 0.533. The van der Waals surface area contributed by atoms with Gasteiger partial charge in [0.1, 0.15) is 5.02 Å². The quantitative estimate of drug-likeness (QED) is 0.678. The molecule has 114 valence electrons. The fourth-order valence-corrected chi connectivity index (χ4v) is 3.07. The molecule has 2 rings (SSSR count). The number of hydrogen-bond donors (Lipinski definition) is 1. The van der Waals surface area contributed by atoms with E-state index in [0.717, 1.165) is 25.7 Å². The summed E-state index contributed by atoms with van der Waals surface area (Å²) in [4.78, 5) is 22.5. The van der Waals surface area contributed by atoms with Crippen LogP contribution in [0.1, 0.15) is 49.9 Å². The first kappa shape index (κ1) is 15.8. The van der Waals surface area contributed by atoms with Crippen molar-refractivity contribution in [2.45, 2.75) is 45.6 Å². The van der Waals surface area contributed by atoms with Crippen LogP contribution in [0, 0.1) is 15.5 Å². The molecule has 1 fully saturated rings. The van der Waals surface area contributed by atoms with Crippen LogP contribution in [0.3, 0.4) is 0 Å². The summed E-state index contributed by atoms with van der Waals surface area (Å²) < 4.78 is 0. The van der Waals surface area contributed by atoms with Crippen molar-refractivity contribution in [3.8, 4) is 0 Å². The van der Waals surface area contributed by atoms with Crippen LogP contribution >= 0.6 is 11.6 Å². The van der Waals surface area contributed by atoms with Crippen LogP contribution in [0.5, 0.6) is 0 Å². The predicted octanol–water partition coefficient (Wildman–Crippen LogP) is 3.95. The Hall–Kier alpha value is -1.62. The van der Waals surface area contributed by atoms with E-state index in [9.17, 15) is 14.9 Å². The number of halogens is 1. The first-order valence-electron chi connectivity index (χ1n) is 7.03. The van der Waals surface area contributed by atoms with Crippen LogP contribution in [0.25, 0.3) is 0 Å². The SMILES string of the molecule is CC1(C)CCCC(NC(=O)c2ccc(Cl)c([N+](=O)[O-])c2)C1. The van der Waals surface area contributed by atoms with Gasteiger partial charge >= 0.3 is 0 Å². The third kappa shape index (κ3) is 3.94. The third-order valence-corrected chi connectivity index (χ3v) is 4.26. The van der Waals surface area contributed by atoms with Crippen LogP contribution in [-0.2, 0) is 0 Å². The number of nitrogens with one attached hydrogen (secondary N) is 1. The molecular weight excluding hydrogens is 292 g/mol. The van der Waals surface area contributed by atoms with Gasteiger partial charge in [-0.3, -0.25) is 14.9 Å². The van der Waals surface area contributed by atoms with E-state index in [0.29, 0.717) is 0 Å². The molecule has 0 radical (unpaired) electrons. The van der Waals surface area contributed by atoms with E-state index < -0.39 is 4.92 Å². The molecule has 1 atom stereocenters. The highest BCUT2D eigenvalue weighted by Gasteiger charge is 2.29. The summed E-state index contributed by atoms with van der Waals surface area (Å²) in [5.74, 6) is -0.280. The highest BCUT2D eigenvalue weighted by molar-refractivity contribution is 6.32. The molecule has 0 heterocycles. The maximum Gasteiger partial charge on any atom is 0.288 e. The van der Waals surface area contributed by atoms with Gasteiger partial charge < -0.3 is 5.32 Å². The van der Waals surface area contributed by atoms with Gasteiger partial charge in [-0.25, -0.2) is 0 Å². The maximum atomic E-state index is 12.2. The van der Waals surface area contributed by atoms with E-state index in [-0.39, 0.29) is 33.6 Å². The molecule has 1 aliphatic rings. The molecule has 5 nitrogen and oxygen atoms in total. The van der Waals surface area contributed by atoms with Gasteiger partial charge in [0.05, 0.1) is 4.92 Å². The Kier molecular flexibility index (Phi) is 4.52. The number of nitro benzene ring substituents is 1. The Morgan fingerprint density at radius 1 is 1.48 bits per heavy atom. The number of rotatable bonds is 3. The van der Waals surface area contributed by atoms with Crippen LogP contribution < -0.4 is 5.32 Å². The fourth-order valence-electron chi connectivity index (χ4n) is 2.88. The van der Waals surface area contributed by atoms with Crippen molar-refractivity contribution in [1.82, 2.24) is 5.32 Å². The molecule has 1 aromatic rings. The summed E-state index contributed by atoms with van der Waals surface area (Å²) in [7, 11) is 0. The summed E-state index contributed by atoms with van der Waals surface area (Å²) in [5.41, 5.74) is 0.255. The highest BCUT2D eigenvalue weighted by atomic mass is 35.5. The number of nitrogens with zero attached hydrogens (tertiary/aromatic N) is 1. The molecule has 0 saturated heterocycles. The van der Waals surface area contributed by atoms with Crippen molar-refractivity contribution in [2.24, 2.45) is 5.41 Å². The predicted molar refractivity (Wildman–Crippen MR) is 81.6 cm³/mol. The van der Waals surface area contributed by atoms with Gasteiger partial charge in [0.2, 0.25) is 0 Å². The summed E-state index contributed by atoms with van der Waals surface area (Å²) >= 11 is 5.75. The highest BCUT2D eigenvalue weighted by Crippen LogP contribution is 2.35.